The smallest absolute Gasteiger partial charge is 0.328 e. The summed E-state index contributed by atoms with van der Waals surface area (Å²) in [6.07, 6.45) is 6.50. The lowest BCUT2D eigenvalue weighted by Gasteiger charge is -2.31. The number of aliphatic hydroxyl groups is 3. The number of para-hydroxylation sites is 1. The maximum absolute atomic E-state index is 15.3. The van der Waals surface area contributed by atoms with Gasteiger partial charge in [-0.25, -0.2) is 19.7 Å². The number of aliphatic carboxylic acids is 1. The number of H-pyrrole nitrogens is 4. The molecule has 0 aliphatic carbocycles. The lowest BCUT2D eigenvalue weighted by Crippen LogP contribution is -2.62. The van der Waals surface area contributed by atoms with Gasteiger partial charge in [0, 0.05) is 74.3 Å². The molecule has 5 heterocycles. The molecule has 0 saturated carbocycles. The summed E-state index contributed by atoms with van der Waals surface area (Å²) in [5.41, 5.74) is 14.2. The number of hydrogen-bond donors (Lipinski definition) is 23. The average Bonchev–Trinajstić information content (AvgIpc) is 1.65. The van der Waals surface area contributed by atoms with Crippen LogP contribution in [0.5, 0.6) is 0 Å². The number of carbonyl (C=O) groups is 16. The zero-order chi connectivity index (χ0) is 94.3. The molecule has 4 aromatic heterocycles. The summed E-state index contributed by atoms with van der Waals surface area (Å²) in [6.45, 7) is 16.1. The van der Waals surface area contributed by atoms with Crippen molar-refractivity contribution < 1.29 is 97.1 Å². The minimum absolute atomic E-state index is 0.0150. The van der Waals surface area contributed by atoms with E-state index in [1.54, 1.807) is 116 Å². The summed E-state index contributed by atoms with van der Waals surface area (Å²) in [5.74, 6) is -18.0. The van der Waals surface area contributed by atoms with Crippen LogP contribution in [0.3, 0.4) is 0 Å². The summed E-state index contributed by atoms with van der Waals surface area (Å²) in [7, 11) is 0. The van der Waals surface area contributed by atoms with Crippen molar-refractivity contribution in [2.24, 2.45) is 41.1 Å². The molecule has 128 heavy (non-hydrogen) atoms. The van der Waals surface area contributed by atoms with Gasteiger partial charge in [0.25, 0.3) is 0 Å². The van der Waals surface area contributed by atoms with Crippen LogP contribution in [-0.4, -0.2) is 271 Å². The van der Waals surface area contributed by atoms with Gasteiger partial charge in [0.15, 0.2) is 0 Å². The van der Waals surface area contributed by atoms with E-state index in [-0.39, 0.29) is 106 Å². The number of hydrogen-bond acceptors (Lipinski definition) is 23. The molecular formula is C85H123N23O20. The molecule has 15 amide bonds. The van der Waals surface area contributed by atoms with E-state index in [1.807, 2.05) is 13.8 Å². The van der Waals surface area contributed by atoms with Crippen LogP contribution in [0.15, 0.2) is 98.4 Å². The molecule has 0 spiro atoms. The third-order valence-corrected chi connectivity index (χ3v) is 21.2. The molecule has 7 rings (SSSR count). The lowest BCUT2D eigenvalue weighted by atomic mass is 9.98. The molecule has 6 aromatic rings. The SMILES string of the molecule is CC(C)CC(N)C(=O)NC(C(=O)NC(CC(C)C)C(=O)NC(CO)C(=O)NC(Cc1c[nH]cn1)C(=O)N1CCCC1C(=O)NC(Cc1c[nH]cn1)C(=O)NC(Cc1c[nH]c2ccccc12)C(=O)NC(C(=O)NC(CC(C)C)C(=O)NC(CC(N)=O)C(=O)NC(Cc1c[nH]cn1)C(=O)NC(Cc1ccccc1)C(=O)NC(C(=O)NC(CO)C(=O)O)C(C)C)C(C)C)C(C)O. The van der Waals surface area contributed by atoms with Crippen molar-refractivity contribution in [3.63, 3.8) is 0 Å². The fourth-order valence-electron chi connectivity index (χ4n) is 14.5. The van der Waals surface area contributed by atoms with E-state index >= 15 is 19.2 Å². The van der Waals surface area contributed by atoms with Crippen LogP contribution in [-0.2, 0) is 109 Å². The van der Waals surface area contributed by atoms with Crippen molar-refractivity contribution in [1.29, 1.82) is 0 Å². The number of aliphatic hydroxyl groups excluding tert-OH is 3. The number of nitrogens with zero attached hydrogens (tertiary/aromatic N) is 4. The molecule has 1 fully saturated rings. The van der Waals surface area contributed by atoms with Gasteiger partial charge in [0.05, 0.1) is 67.8 Å². The van der Waals surface area contributed by atoms with Crippen molar-refractivity contribution >= 4 is 105 Å². The number of carboxylic acid groups (broad SMARTS) is 1. The number of aromatic amines is 4. The summed E-state index contributed by atoms with van der Waals surface area (Å²) in [5, 5.41) is 74.6. The first-order valence-corrected chi connectivity index (χ1v) is 42.6. The Bertz CT molecular complexity index is 4730. The number of nitrogens with one attached hydrogen (secondary N) is 17. The molecule has 16 atom stereocenters. The van der Waals surface area contributed by atoms with Crippen LogP contribution >= 0.6 is 0 Å². The summed E-state index contributed by atoms with van der Waals surface area (Å²) < 4.78 is 0. The van der Waals surface area contributed by atoms with Crippen LogP contribution in [0.1, 0.15) is 143 Å². The number of aromatic nitrogens is 7. The fraction of sp³-hybridized carbons (Fsp3) is 0.541. The molecule has 0 bridgehead atoms. The number of likely N-dealkylation sites (tertiary alicyclic amines) is 1. The van der Waals surface area contributed by atoms with E-state index in [1.165, 1.54) is 49.4 Å². The maximum Gasteiger partial charge on any atom is 0.328 e. The van der Waals surface area contributed by atoms with E-state index in [9.17, 15) is 78.0 Å². The average molecular weight is 1790 g/mol. The second-order valence-corrected chi connectivity index (χ2v) is 33.9. The largest absolute Gasteiger partial charge is 0.480 e. The molecule has 25 N–H and O–H groups in total. The minimum atomic E-state index is -1.86. The molecule has 1 aliphatic heterocycles. The topological polar surface area (TPSA) is 668 Å². The molecule has 698 valence electrons. The first-order chi connectivity index (χ1) is 60.6. The number of rotatable bonds is 51. The van der Waals surface area contributed by atoms with Gasteiger partial charge in [-0.3, -0.25) is 71.9 Å². The number of fused-ring (bicyclic) bond motifs is 1. The van der Waals surface area contributed by atoms with Crippen LogP contribution in [0.4, 0.5) is 0 Å². The number of imidazole rings is 3. The molecule has 1 aliphatic rings. The van der Waals surface area contributed by atoms with Crippen LogP contribution in [0.25, 0.3) is 10.9 Å². The highest BCUT2D eigenvalue weighted by atomic mass is 16.4. The number of carbonyl (C=O) groups excluding carboxylic acids is 15. The lowest BCUT2D eigenvalue weighted by molar-refractivity contribution is -0.143. The minimum Gasteiger partial charge on any atom is -0.480 e. The number of benzene rings is 2. The second-order valence-electron chi connectivity index (χ2n) is 33.9. The van der Waals surface area contributed by atoms with E-state index in [0.29, 0.717) is 22.0 Å². The summed E-state index contributed by atoms with van der Waals surface area (Å²) in [4.78, 5) is 253. The highest BCUT2D eigenvalue weighted by Crippen LogP contribution is 2.24. The van der Waals surface area contributed by atoms with Crippen LogP contribution < -0.4 is 80.6 Å². The standard InChI is InChI=1S/C85H123N23O20/c1-42(2)24-54(86)71(113)107-70(47(11)111)83(125)101-57(26-44(5)6)73(115)103-64(37-109)79(121)102-63(31-52-36-90-41-94-52)84(126)108-23-17-22-66(108)80(122)99-61(30-51-35-89-40-93-51)75(117)96-59(28-49-33-91-55-21-16-15-20-53(49)55)78(120)106-68(45(7)8)81(123)100-56(25-43(3)4)72(114)98-62(32-67(87)112)76(118)97-60(29-50-34-88-39-92-50)74(116)95-58(27-48-18-13-12-14-19-48)77(119)105-69(46(9)10)82(124)104-65(38-110)85(127)128/h12-16,18-21,33-36,39-47,54,56-66,68-70,91,109-111H,17,22-32,37-38,86H2,1-11H3,(H2,87,112)(H,88,92)(H,89,93)(H,90,94)(H,95,116)(H,96,117)(H,97,118)(H,98,114)(H,99,122)(H,100,123)(H,101,125)(H,102,121)(H,103,115)(H,104,124)(H,105,119)(H,106,120)(H,107,113)(H,127,128). The van der Waals surface area contributed by atoms with Crippen LogP contribution in [0.2, 0.25) is 0 Å². The normalized spacial score (nSPS) is 16.2. The molecule has 16 unspecified atom stereocenters. The predicted octanol–water partition coefficient (Wildman–Crippen LogP) is -3.75. The summed E-state index contributed by atoms with van der Waals surface area (Å²) >= 11 is 0. The zero-order valence-corrected chi connectivity index (χ0v) is 73.5. The molecule has 43 heteroatoms. The number of primary amides is 1. The molecule has 1 saturated heterocycles. The Hall–Kier alpha value is -13.0. The van der Waals surface area contributed by atoms with Gasteiger partial charge in [0.2, 0.25) is 88.6 Å². The third-order valence-electron chi connectivity index (χ3n) is 21.2. The first-order valence-electron chi connectivity index (χ1n) is 42.6. The highest BCUT2D eigenvalue weighted by molar-refractivity contribution is 6.02. The Labute approximate surface area is 739 Å². The molecule has 2 aromatic carbocycles. The molecular weight excluding hydrogens is 1660 g/mol. The fourth-order valence-corrected chi connectivity index (χ4v) is 14.5. The van der Waals surface area contributed by atoms with Crippen molar-refractivity contribution in [2.45, 2.75) is 244 Å². The quantitative estimate of drug-likeness (QED) is 0.0174. The van der Waals surface area contributed by atoms with Gasteiger partial charge in [-0.1, -0.05) is 118 Å². The Kier molecular flexibility index (Phi) is 39.2. The number of amides is 15. The van der Waals surface area contributed by atoms with Gasteiger partial charge in [-0.2, -0.15) is 0 Å². The first kappa shape index (κ1) is 102. The highest BCUT2D eigenvalue weighted by Gasteiger charge is 2.43. The monoisotopic (exact) mass is 1790 g/mol. The van der Waals surface area contributed by atoms with Gasteiger partial charge >= 0.3 is 5.97 Å². The Morgan fingerprint density at radius 1 is 0.430 bits per heavy atom. The Balaban J connectivity index is 1.10. The van der Waals surface area contributed by atoms with E-state index < -0.39 is 223 Å². The summed E-state index contributed by atoms with van der Waals surface area (Å²) in [6, 6.07) is -7.49. The zero-order valence-electron chi connectivity index (χ0n) is 73.5. The van der Waals surface area contributed by atoms with Crippen molar-refractivity contribution in [2.75, 3.05) is 19.8 Å². The van der Waals surface area contributed by atoms with Gasteiger partial charge < -0.3 is 126 Å². The van der Waals surface area contributed by atoms with Gasteiger partial charge in [-0.15, -0.1) is 0 Å². The second kappa shape index (κ2) is 49.2. The maximum atomic E-state index is 15.3. The third kappa shape index (κ3) is 30.9. The van der Waals surface area contributed by atoms with Crippen molar-refractivity contribution in [3.8, 4) is 0 Å². The van der Waals surface area contributed by atoms with E-state index in [0.717, 1.165) is 0 Å². The predicted molar refractivity (Wildman–Crippen MR) is 462 cm³/mol. The molecule has 0 radical (unpaired) electrons. The number of nitrogens with two attached hydrogens (primary N) is 2. The van der Waals surface area contributed by atoms with Crippen LogP contribution in [0, 0.1) is 29.6 Å². The van der Waals surface area contributed by atoms with E-state index in [2.05, 4.69) is 104 Å². The van der Waals surface area contributed by atoms with Crippen molar-refractivity contribution in [3.05, 3.63) is 127 Å². The number of carboxylic acids is 1. The van der Waals surface area contributed by atoms with E-state index in [4.69, 9.17) is 11.5 Å². The van der Waals surface area contributed by atoms with Crippen molar-refractivity contribution in [1.82, 2.24) is 109 Å². The molecule has 43 nitrogen and oxygen atoms in total. The Morgan fingerprint density at radius 3 is 1.28 bits per heavy atom. The van der Waals surface area contributed by atoms with Gasteiger partial charge in [-0.05, 0) is 85.8 Å². The Morgan fingerprint density at radius 2 is 0.820 bits per heavy atom. The van der Waals surface area contributed by atoms with Gasteiger partial charge in [0.1, 0.15) is 84.6 Å².